The Hall–Kier alpha value is -2.12. The zero-order valence-electron chi connectivity index (χ0n) is 16.8. The Morgan fingerprint density at radius 2 is 1.48 bits per heavy atom. The van der Waals surface area contributed by atoms with Crippen molar-refractivity contribution in [2.45, 2.75) is 41.0 Å². The van der Waals surface area contributed by atoms with Crippen LogP contribution < -0.4 is 0 Å². The summed E-state index contributed by atoms with van der Waals surface area (Å²) in [6, 6.07) is 18.5. The van der Waals surface area contributed by atoms with Gasteiger partial charge in [-0.05, 0) is 72.6 Å². The van der Waals surface area contributed by atoms with E-state index in [4.69, 9.17) is 11.6 Å². The molecule has 0 aliphatic heterocycles. The van der Waals surface area contributed by atoms with E-state index in [1.165, 1.54) is 27.9 Å². The molecule has 3 rings (SSSR count). The van der Waals surface area contributed by atoms with Crippen LogP contribution in [-0.2, 0) is 4.79 Å². The van der Waals surface area contributed by atoms with Crippen LogP contribution in [-0.4, -0.2) is 5.78 Å². The zero-order valence-corrected chi connectivity index (χ0v) is 17.5. The maximum Gasteiger partial charge on any atom is 0.134 e. The van der Waals surface area contributed by atoms with Gasteiger partial charge < -0.3 is 0 Å². The van der Waals surface area contributed by atoms with E-state index in [0.29, 0.717) is 0 Å². The first-order valence-corrected chi connectivity index (χ1v) is 9.84. The second-order valence-corrected chi connectivity index (χ2v) is 8.63. The quantitative estimate of drug-likeness (QED) is 0.555. The van der Waals surface area contributed by atoms with Gasteiger partial charge in [0.15, 0.2) is 0 Å². The largest absolute Gasteiger partial charge is 0.300 e. The highest BCUT2D eigenvalue weighted by Crippen LogP contribution is 2.54. The molecule has 0 heterocycles. The number of ketones is 1. The van der Waals surface area contributed by atoms with Gasteiger partial charge in [-0.15, -0.1) is 0 Å². The molecule has 0 N–H and O–H groups in total. The van der Waals surface area contributed by atoms with E-state index in [1.807, 2.05) is 18.2 Å². The first kappa shape index (κ1) is 19.6. The molecule has 0 bridgehead atoms. The van der Waals surface area contributed by atoms with E-state index >= 15 is 0 Å². The zero-order chi connectivity index (χ0) is 19.8. The second-order valence-electron chi connectivity index (χ2n) is 8.19. The smallest absolute Gasteiger partial charge is 0.134 e. The summed E-state index contributed by atoms with van der Waals surface area (Å²) in [7, 11) is 0. The molecule has 2 aromatic carbocycles. The number of Topliss-reactive ketones (excluding diaryl/α,β-unsaturated/α-hetero) is 1. The van der Waals surface area contributed by atoms with Crippen molar-refractivity contribution in [3.63, 3.8) is 0 Å². The topological polar surface area (TPSA) is 17.1 Å². The van der Waals surface area contributed by atoms with E-state index in [1.54, 1.807) is 6.92 Å². The van der Waals surface area contributed by atoms with Gasteiger partial charge in [-0.25, -0.2) is 0 Å². The normalized spacial score (nSPS) is 20.5. The summed E-state index contributed by atoms with van der Waals surface area (Å²) < 4.78 is 0. The minimum atomic E-state index is -0.174. The van der Waals surface area contributed by atoms with Gasteiger partial charge in [0.2, 0.25) is 0 Å². The number of halogens is 1. The molecule has 2 aromatic rings. The van der Waals surface area contributed by atoms with Crippen molar-refractivity contribution in [3.8, 4) is 0 Å². The number of hydrogen-bond acceptors (Lipinski definition) is 1. The van der Waals surface area contributed by atoms with Crippen LogP contribution in [0.4, 0.5) is 0 Å². The number of allylic oxidation sites excluding steroid dienone is 3. The van der Waals surface area contributed by atoms with E-state index in [9.17, 15) is 4.79 Å². The summed E-state index contributed by atoms with van der Waals surface area (Å²) in [5.74, 6) is 0.265. The lowest BCUT2D eigenvalue weighted by Gasteiger charge is -2.28. The first-order valence-electron chi connectivity index (χ1n) is 9.46. The van der Waals surface area contributed by atoms with Crippen molar-refractivity contribution in [3.05, 3.63) is 87.5 Å². The molecular formula is C25H27ClO. The third-order valence-corrected chi connectivity index (χ3v) is 5.97. The third kappa shape index (κ3) is 3.66. The van der Waals surface area contributed by atoms with Crippen LogP contribution in [0.25, 0.3) is 5.57 Å². The SMILES string of the molecule is CC(=O)C1C/C(=C(/c2ccccc2)c2ccc(Cl)cc2)C(=C(C)C)C1(C)C. The Labute approximate surface area is 167 Å². The van der Waals surface area contributed by atoms with Gasteiger partial charge in [-0.2, -0.15) is 0 Å². The standard InChI is InChI=1S/C25H27ClO/c1-16(2)24-21(15-22(17(3)27)25(24,4)5)23(18-9-7-6-8-10-18)19-11-13-20(26)14-12-19/h6-14,22H,15H2,1-5H3/b23-21+. The van der Waals surface area contributed by atoms with Gasteiger partial charge in [0, 0.05) is 10.9 Å². The van der Waals surface area contributed by atoms with Crippen LogP contribution in [0.2, 0.25) is 5.02 Å². The van der Waals surface area contributed by atoms with E-state index in [2.05, 4.69) is 64.1 Å². The monoisotopic (exact) mass is 378 g/mol. The van der Waals surface area contributed by atoms with Crippen molar-refractivity contribution in [1.29, 1.82) is 0 Å². The molecule has 1 nitrogen and oxygen atoms in total. The summed E-state index contributed by atoms with van der Waals surface area (Å²) in [6.07, 6.45) is 0.774. The van der Waals surface area contributed by atoms with Crippen molar-refractivity contribution in [2.24, 2.45) is 11.3 Å². The summed E-state index contributed by atoms with van der Waals surface area (Å²) >= 11 is 6.14. The number of rotatable bonds is 3. The Kier molecular flexibility index (Phi) is 5.44. The van der Waals surface area contributed by atoms with Gasteiger partial charge >= 0.3 is 0 Å². The number of benzene rings is 2. The van der Waals surface area contributed by atoms with Crippen molar-refractivity contribution in [1.82, 2.24) is 0 Å². The lowest BCUT2D eigenvalue weighted by atomic mass is 9.75. The molecular weight excluding hydrogens is 352 g/mol. The Morgan fingerprint density at radius 1 is 0.926 bits per heavy atom. The van der Waals surface area contributed by atoms with Gasteiger partial charge in [0.25, 0.3) is 0 Å². The number of carbonyl (C=O) groups excluding carboxylic acids is 1. The molecule has 0 radical (unpaired) electrons. The molecule has 0 spiro atoms. The molecule has 1 aliphatic rings. The summed E-state index contributed by atoms with van der Waals surface area (Å²) in [5, 5.41) is 0.729. The summed E-state index contributed by atoms with van der Waals surface area (Å²) in [5.41, 5.74) is 7.23. The van der Waals surface area contributed by atoms with Crippen LogP contribution in [0.3, 0.4) is 0 Å². The highest BCUT2D eigenvalue weighted by Gasteiger charge is 2.45. The summed E-state index contributed by atoms with van der Waals surface area (Å²) in [6.45, 7) is 10.5. The predicted octanol–water partition coefficient (Wildman–Crippen LogP) is 7.11. The van der Waals surface area contributed by atoms with Crippen molar-refractivity contribution in [2.75, 3.05) is 0 Å². The Balaban J connectivity index is 2.35. The van der Waals surface area contributed by atoms with Gasteiger partial charge in [-0.1, -0.05) is 73.5 Å². The maximum atomic E-state index is 12.5. The lowest BCUT2D eigenvalue weighted by molar-refractivity contribution is -0.122. The van der Waals surface area contributed by atoms with Gasteiger partial charge in [-0.3, -0.25) is 4.79 Å². The molecule has 140 valence electrons. The second kappa shape index (κ2) is 7.48. The average molecular weight is 379 g/mol. The van der Waals surface area contributed by atoms with Gasteiger partial charge in [0.1, 0.15) is 5.78 Å². The molecule has 1 atom stereocenters. The average Bonchev–Trinajstić information content (AvgIpc) is 2.89. The summed E-state index contributed by atoms with van der Waals surface area (Å²) in [4.78, 5) is 12.5. The van der Waals surface area contributed by atoms with Crippen LogP contribution in [0, 0.1) is 11.3 Å². The number of carbonyl (C=O) groups is 1. The minimum absolute atomic E-state index is 0.00316. The molecule has 0 aromatic heterocycles. The number of hydrogen-bond donors (Lipinski definition) is 0. The predicted molar refractivity (Wildman–Crippen MR) is 115 cm³/mol. The molecule has 1 fully saturated rings. The first-order chi connectivity index (χ1) is 12.7. The molecule has 0 amide bonds. The fourth-order valence-corrected chi connectivity index (χ4v) is 4.81. The molecule has 1 saturated carbocycles. The highest BCUT2D eigenvalue weighted by molar-refractivity contribution is 6.30. The van der Waals surface area contributed by atoms with Crippen LogP contribution in [0.5, 0.6) is 0 Å². The minimum Gasteiger partial charge on any atom is -0.300 e. The van der Waals surface area contributed by atoms with E-state index in [0.717, 1.165) is 17.0 Å². The van der Waals surface area contributed by atoms with Crippen LogP contribution >= 0.6 is 11.6 Å². The third-order valence-electron chi connectivity index (χ3n) is 5.71. The molecule has 27 heavy (non-hydrogen) atoms. The van der Waals surface area contributed by atoms with Crippen LogP contribution in [0.15, 0.2) is 71.3 Å². The fraction of sp³-hybridized carbons (Fsp3) is 0.320. The lowest BCUT2D eigenvalue weighted by Crippen LogP contribution is -2.25. The molecule has 1 unspecified atom stereocenters. The maximum absolute atomic E-state index is 12.5. The van der Waals surface area contributed by atoms with E-state index < -0.39 is 0 Å². The van der Waals surface area contributed by atoms with Gasteiger partial charge in [0.05, 0.1) is 0 Å². The molecule has 0 saturated heterocycles. The van der Waals surface area contributed by atoms with Crippen molar-refractivity contribution >= 4 is 23.0 Å². The highest BCUT2D eigenvalue weighted by atomic mass is 35.5. The van der Waals surface area contributed by atoms with Crippen LogP contribution in [0.1, 0.15) is 52.2 Å². The Morgan fingerprint density at radius 3 is 2.00 bits per heavy atom. The fourth-order valence-electron chi connectivity index (χ4n) is 4.69. The van der Waals surface area contributed by atoms with E-state index in [-0.39, 0.29) is 17.1 Å². The van der Waals surface area contributed by atoms with Crippen molar-refractivity contribution < 1.29 is 4.79 Å². The molecule has 1 aliphatic carbocycles. The molecule has 2 heteroatoms. The Bertz CT molecular complexity index is 911.